The fraction of sp³-hybridized carbons (Fsp3) is 1.00. The molecule has 2 fully saturated rings. The van der Waals surface area contributed by atoms with E-state index in [1.165, 1.54) is 32.7 Å². The molecule has 3 heteroatoms. The molecule has 0 saturated carbocycles. The molecule has 2 heterocycles. The average Bonchev–Trinajstić information content (AvgIpc) is 2.25. The molecule has 0 aromatic carbocycles. The second-order valence-electron chi connectivity index (χ2n) is 7.36. The summed E-state index contributed by atoms with van der Waals surface area (Å²) < 4.78 is 0. The molecule has 2 atom stereocenters. The summed E-state index contributed by atoms with van der Waals surface area (Å²) in [6.07, 6.45) is 0. The zero-order valence-corrected chi connectivity index (χ0v) is 13.8. The Hall–Kier alpha value is -0.120. The van der Waals surface area contributed by atoms with E-state index >= 15 is 0 Å². The van der Waals surface area contributed by atoms with Gasteiger partial charge in [-0.3, -0.25) is 9.80 Å². The third kappa shape index (κ3) is 3.50. The highest BCUT2D eigenvalue weighted by atomic mass is 15.3. The molecule has 0 aromatic heterocycles. The van der Waals surface area contributed by atoms with Gasteiger partial charge in [-0.05, 0) is 47.5 Å². The first-order valence-electron chi connectivity index (χ1n) is 8.12. The highest BCUT2D eigenvalue weighted by Gasteiger charge is 2.35. The predicted molar refractivity (Wildman–Crippen MR) is 82.5 cm³/mol. The summed E-state index contributed by atoms with van der Waals surface area (Å²) in [5, 5.41) is 0. The molecule has 2 aliphatic rings. The van der Waals surface area contributed by atoms with Gasteiger partial charge in [-0.25, -0.2) is 0 Å². The van der Waals surface area contributed by atoms with Crippen LogP contribution in [0.1, 0.15) is 41.5 Å². The van der Waals surface area contributed by atoms with Gasteiger partial charge in [-0.2, -0.15) is 0 Å². The van der Waals surface area contributed by atoms with Gasteiger partial charge in [0.25, 0.3) is 0 Å². The Bertz CT molecular complexity index is 284. The highest BCUT2D eigenvalue weighted by molar-refractivity contribution is 4.90. The maximum absolute atomic E-state index is 2.73. The summed E-state index contributed by atoms with van der Waals surface area (Å²) in [7, 11) is 0. The van der Waals surface area contributed by atoms with Gasteiger partial charge in [-0.1, -0.05) is 0 Å². The smallest absolute Gasteiger partial charge is 0.0198 e. The average molecular weight is 267 g/mol. The maximum Gasteiger partial charge on any atom is 0.0198 e. The number of hydrogen-bond donors (Lipinski definition) is 0. The molecule has 0 unspecified atom stereocenters. The fourth-order valence-electron chi connectivity index (χ4n) is 3.68. The van der Waals surface area contributed by atoms with Crippen molar-refractivity contribution in [1.82, 2.24) is 14.7 Å². The molecule has 3 nitrogen and oxygen atoms in total. The van der Waals surface area contributed by atoms with E-state index in [0.29, 0.717) is 18.1 Å². The largest absolute Gasteiger partial charge is 0.300 e. The molecule has 112 valence electrons. The normalized spacial score (nSPS) is 32.2. The Morgan fingerprint density at radius 1 is 0.842 bits per heavy atom. The number of rotatable bonds is 4. The molecule has 2 saturated heterocycles. The third-order valence-corrected chi connectivity index (χ3v) is 5.03. The molecule has 19 heavy (non-hydrogen) atoms. The highest BCUT2D eigenvalue weighted by Crippen LogP contribution is 2.23. The molecular weight excluding hydrogens is 234 g/mol. The van der Waals surface area contributed by atoms with Crippen molar-refractivity contribution in [2.75, 3.05) is 32.7 Å². The lowest BCUT2D eigenvalue weighted by atomic mass is 9.95. The first-order chi connectivity index (χ1) is 8.88. The zero-order valence-electron chi connectivity index (χ0n) is 13.8. The first-order valence-corrected chi connectivity index (χ1v) is 8.12. The SMILES string of the molecule is CC(C)N1CC(CN2C[C@@H](C)N(C(C)C)C[C@@H]2C)C1. The van der Waals surface area contributed by atoms with E-state index in [0.717, 1.165) is 12.0 Å². The minimum Gasteiger partial charge on any atom is -0.300 e. The van der Waals surface area contributed by atoms with E-state index in [1.807, 2.05) is 0 Å². The van der Waals surface area contributed by atoms with Gasteiger partial charge >= 0.3 is 0 Å². The van der Waals surface area contributed by atoms with Gasteiger partial charge in [0.2, 0.25) is 0 Å². The van der Waals surface area contributed by atoms with E-state index in [-0.39, 0.29) is 0 Å². The van der Waals surface area contributed by atoms with Crippen molar-refractivity contribution >= 4 is 0 Å². The van der Waals surface area contributed by atoms with Gasteiger partial charge in [0, 0.05) is 56.9 Å². The summed E-state index contributed by atoms with van der Waals surface area (Å²) in [5.41, 5.74) is 0. The molecular formula is C16H33N3. The first kappa shape index (κ1) is 15.3. The summed E-state index contributed by atoms with van der Waals surface area (Å²) in [6, 6.07) is 2.83. The number of likely N-dealkylation sites (tertiary alicyclic amines) is 1. The topological polar surface area (TPSA) is 9.72 Å². The van der Waals surface area contributed by atoms with Crippen molar-refractivity contribution in [1.29, 1.82) is 0 Å². The molecule has 0 radical (unpaired) electrons. The van der Waals surface area contributed by atoms with Gasteiger partial charge in [0.15, 0.2) is 0 Å². The van der Waals surface area contributed by atoms with Crippen LogP contribution in [0.5, 0.6) is 0 Å². The number of piperazine rings is 1. The lowest BCUT2D eigenvalue weighted by Gasteiger charge is -2.50. The molecule has 2 rings (SSSR count). The minimum absolute atomic E-state index is 0.680. The van der Waals surface area contributed by atoms with E-state index in [2.05, 4.69) is 56.2 Å². The Balaban J connectivity index is 1.80. The van der Waals surface area contributed by atoms with Crippen LogP contribution < -0.4 is 0 Å². The van der Waals surface area contributed by atoms with Crippen molar-refractivity contribution in [2.45, 2.75) is 65.7 Å². The summed E-state index contributed by atoms with van der Waals surface area (Å²) in [5.74, 6) is 0.905. The monoisotopic (exact) mass is 267 g/mol. The Kier molecular flexibility index (Phi) is 4.91. The zero-order chi connectivity index (χ0) is 14.2. The lowest BCUT2D eigenvalue weighted by molar-refractivity contribution is -0.0152. The van der Waals surface area contributed by atoms with Crippen molar-refractivity contribution in [2.24, 2.45) is 5.92 Å². The van der Waals surface area contributed by atoms with E-state index in [4.69, 9.17) is 0 Å². The minimum atomic E-state index is 0.680. The second-order valence-corrected chi connectivity index (χ2v) is 7.36. The van der Waals surface area contributed by atoms with E-state index < -0.39 is 0 Å². The van der Waals surface area contributed by atoms with Gasteiger partial charge < -0.3 is 4.90 Å². The van der Waals surface area contributed by atoms with E-state index in [9.17, 15) is 0 Å². The molecule has 0 aliphatic carbocycles. The van der Waals surface area contributed by atoms with Crippen molar-refractivity contribution in [3.05, 3.63) is 0 Å². The summed E-state index contributed by atoms with van der Waals surface area (Å²) >= 11 is 0. The van der Waals surface area contributed by atoms with Crippen LogP contribution in [-0.4, -0.2) is 71.6 Å². The van der Waals surface area contributed by atoms with Crippen molar-refractivity contribution in [3.8, 4) is 0 Å². The van der Waals surface area contributed by atoms with Crippen LogP contribution in [0.15, 0.2) is 0 Å². The third-order valence-electron chi connectivity index (χ3n) is 5.03. The van der Waals surface area contributed by atoms with Crippen LogP contribution in [0.25, 0.3) is 0 Å². The van der Waals surface area contributed by atoms with Crippen molar-refractivity contribution in [3.63, 3.8) is 0 Å². The number of hydrogen-bond acceptors (Lipinski definition) is 3. The Morgan fingerprint density at radius 2 is 1.47 bits per heavy atom. The van der Waals surface area contributed by atoms with Crippen LogP contribution in [0.3, 0.4) is 0 Å². The van der Waals surface area contributed by atoms with Crippen LogP contribution in [-0.2, 0) is 0 Å². The van der Waals surface area contributed by atoms with Gasteiger partial charge in [0.05, 0.1) is 0 Å². The van der Waals surface area contributed by atoms with Crippen LogP contribution in [0, 0.1) is 5.92 Å². The summed E-state index contributed by atoms with van der Waals surface area (Å²) in [4.78, 5) is 7.97. The molecule has 2 aliphatic heterocycles. The molecule has 0 aromatic rings. The van der Waals surface area contributed by atoms with Gasteiger partial charge in [-0.15, -0.1) is 0 Å². The quantitative estimate of drug-likeness (QED) is 0.772. The Labute approximate surface area is 119 Å². The molecule has 0 amide bonds. The standard InChI is InChI=1S/C16H33N3/c1-12(2)17-9-16(10-17)11-18-7-15(6)19(13(3)4)8-14(18)5/h12-16H,7-11H2,1-6H3/t14-,15+/m0/s1. The molecule has 0 spiro atoms. The van der Waals surface area contributed by atoms with Crippen LogP contribution in [0.2, 0.25) is 0 Å². The molecule has 0 N–H and O–H groups in total. The van der Waals surface area contributed by atoms with Crippen LogP contribution >= 0.6 is 0 Å². The second kappa shape index (κ2) is 6.11. The fourth-order valence-corrected chi connectivity index (χ4v) is 3.68. The van der Waals surface area contributed by atoms with Gasteiger partial charge in [0.1, 0.15) is 0 Å². The molecule has 0 bridgehead atoms. The predicted octanol–water partition coefficient (Wildman–Crippen LogP) is 2.13. The van der Waals surface area contributed by atoms with E-state index in [1.54, 1.807) is 0 Å². The lowest BCUT2D eigenvalue weighted by Crippen LogP contribution is -2.61. The van der Waals surface area contributed by atoms with Crippen LogP contribution in [0.4, 0.5) is 0 Å². The maximum atomic E-state index is 2.73. The summed E-state index contributed by atoms with van der Waals surface area (Å²) in [6.45, 7) is 20.5. The van der Waals surface area contributed by atoms with Crippen molar-refractivity contribution < 1.29 is 0 Å². The Morgan fingerprint density at radius 3 is 2.00 bits per heavy atom. The number of nitrogens with zero attached hydrogens (tertiary/aromatic N) is 3.